The van der Waals surface area contributed by atoms with E-state index in [0.29, 0.717) is 5.13 Å². The second-order valence-electron chi connectivity index (χ2n) is 8.30. The second kappa shape index (κ2) is 6.38. The second-order valence-corrected chi connectivity index (χ2v) is 9.36. The van der Waals surface area contributed by atoms with Crippen LogP contribution in [0.2, 0.25) is 0 Å². The number of carbonyl (C=O) groups excluding carboxylic acids is 2. The lowest BCUT2D eigenvalue weighted by Gasteiger charge is -2.18. The van der Waals surface area contributed by atoms with E-state index < -0.39 is 0 Å². The minimum Gasteiger partial charge on any atom is -0.274 e. The summed E-state index contributed by atoms with van der Waals surface area (Å²) in [5.41, 5.74) is 4.61. The lowest BCUT2D eigenvalue weighted by Crippen LogP contribution is -2.33. The number of allylic oxidation sites excluding steroid dienone is 2. The van der Waals surface area contributed by atoms with Gasteiger partial charge in [0.2, 0.25) is 11.8 Å². The molecule has 3 aliphatic rings. The Hall–Kier alpha value is -2.27. The van der Waals surface area contributed by atoms with Gasteiger partial charge in [0, 0.05) is 10.4 Å². The molecule has 2 saturated carbocycles. The number of aromatic nitrogens is 1. The zero-order valence-electron chi connectivity index (χ0n) is 16.4. The number of imide groups is 1. The molecular weight excluding hydrogens is 368 g/mol. The zero-order valence-corrected chi connectivity index (χ0v) is 17.3. The summed E-state index contributed by atoms with van der Waals surface area (Å²) in [6.07, 6.45) is 2.90. The standard InChI is InChI=1S/C23H24N2O2S/c1-4-16-20(13-8-6-5-7-9-13)24-23(28-16)25-21(26)18-14-10-11-15(17(14)12(2)3)19(18)22(25)27/h5-9,14-15,18-19H,4,10-11H2,1-3H3/t14-,15+,18+,19-. The van der Waals surface area contributed by atoms with Gasteiger partial charge in [-0.15, -0.1) is 11.3 Å². The van der Waals surface area contributed by atoms with E-state index in [-0.39, 0.29) is 35.5 Å². The van der Waals surface area contributed by atoms with Gasteiger partial charge in [-0.25, -0.2) is 9.88 Å². The lowest BCUT2D eigenvalue weighted by atomic mass is 9.81. The van der Waals surface area contributed by atoms with Crippen molar-refractivity contribution in [1.82, 2.24) is 4.98 Å². The summed E-state index contributed by atoms with van der Waals surface area (Å²) in [7, 11) is 0. The minimum absolute atomic E-state index is 0.0306. The summed E-state index contributed by atoms with van der Waals surface area (Å²) in [6.45, 7) is 6.33. The first kappa shape index (κ1) is 17.8. The monoisotopic (exact) mass is 392 g/mol. The minimum atomic E-state index is -0.176. The van der Waals surface area contributed by atoms with Crippen LogP contribution < -0.4 is 4.90 Å². The van der Waals surface area contributed by atoms with Gasteiger partial charge in [-0.2, -0.15) is 0 Å². The van der Waals surface area contributed by atoms with Gasteiger partial charge in [0.05, 0.1) is 17.5 Å². The van der Waals surface area contributed by atoms with Crippen LogP contribution in [0, 0.1) is 23.7 Å². The fourth-order valence-corrected chi connectivity index (χ4v) is 6.71. The van der Waals surface area contributed by atoms with Crippen LogP contribution in [0.4, 0.5) is 5.13 Å². The van der Waals surface area contributed by atoms with Crippen LogP contribution in [0.5, 0.6) is 0 Å². The molecule has 3 fully saturated rings. The predicted octanol–water partition coefficient (Wildman–Crippen LogP) is 4.85. The van der Waals surface area contributed by atoms with Crippen LogP contribution in [0.25, 0.3) is 11.3 Å². The number of rotatable bonds is 3. The summed E-state index contributed by atoms with van der Waals surface area (Å²) in [6, 6.07) is 10.0. The fourth-order valence-electron chi connectivity index (χ4n) is 5.68. The number of aryl methyl sites for hydroxylation is 1. The van der Waals surface area contributed by atoms with E-state index in [1.807, 2.05) is 30.3 Å². The molecule has 1 aromatic carbocycles. The maximum atomic E-state index is 13.4. The molecule has 0 unspecified atom stereocenters. The van der Waals surface area contributed by atoms with Crippen LogP contribution in [-0.2, 0) is 16.0 Å². The molecule has 1 aliphatic heterocycles. The van der Waals surface area contributed by atoms with E-state index in [1.54, 1.807) is 0 Å². The number of amides is 2. The number of anilines is 1. The van der Waals surface area contributed by atoms with E-state index in [2.05, 4.69) is 20.8 Å². The molecule has 5 heteroatoms. The molecule has 4 atom stereocenters. The van der Waals surface area contributed by atoms with Crippen molar-refractivity contribution in [2.45, 2.75) is 40.0 Å². The highest BCUT2D eigenvalue weighted by atomic mass is 32.1. The molecule has 4 nitrogen and oxygen atoms in total. The largest absolute Gasteiger partial charge is 0.274 e. The van der Waals surface area contributed by atoms with Crippen molar-refractivity contribution in [2.24, 2.45) is 23.7 Å². The molecule has 2 bridgehead atoms. The molecular formula is C23H24N2O2S. The fraction of sp³-hybridized carbons (Fsp3) is 0.435. The Morgan fingerprint density at radius 2 is 1.68 bits per heavy atom. The molecule has 144 valence electrons. The Balaban J connectivity index is 1.55. The van der Waals surface area contributed by atoms with Crippen molar-refractivity contribution < 1.29 is 9.59 Å². The molecule has 1 aromatic heterocycles. The maximum absolute atomic E-state index is 13.4. The molecule has 0 radical (unpaired) electrons. The van der Waals surface area contributed by atoms with Gasteiger partial charge >= 0.3 is 0 Å². The molecule has 2 heterocycles. The van der Waals surface area contributed by atoms with Crippen LogP contribution in [0.1, 0.15) is 38.5 Å². The van der Waals surface area contributed by atoms with E-state index in [4.69, 9.17) is 4.98 Å². The first-order valence-electron chi connectivity index (χ1n) is 10.1. The zero-order chi connectivity index (χ0) is 19.6. The molecule has 2 aromatic rings. The lowest BCUT2D eigenvalue weighted by molar-refractivity contribution is -0.123. The number of hydrogen-bond acceptors (Lipinski definition) is 4. The number of carbonyl (C=O) groups is 2. The topological polar surface area (TPSA) is 50.3 Å². The number of nitrogens with zero attached hydrogens (tertiary/aromatic N) is 2. The van der Waals surface area contributed by atoms with Gasteiger partial charge in [-0.3, -0.25) is 9.59 Å². The molecule has 2 amide bonds. The van der Waals surface area contributed by atoms with Crippen molar-refractivity contribution in [2.75, 3.05) is 4.90 Å². The summed E-state index contributed by atoms with van der Waals surface area (Å²) < 4.78 is 0. The van der Waals surface area contributed by atoms with Crippen molar-refractivity contribution in [1.29, 1.82) is 0 Å². The molecule has 2 aliphatic carbocycles. The SMILES string of the molecule is CCc1sc(N2C(=O)[C@@H]3[C@H](C2=O)[C@H]2CC[C@@H]3C2=C(C)C)nc1-c1ccccc1. The summed E-state index contributed by atoms with van der Waals surface area (Å²) >= 11 is 1.49. The number of fused-ring (bicyclic) bond motifs is 5. The highest BCUT2D eigenvalue weighted by Crippen LogP contribution is 2.60. The van der Waals surface area contributed by atoms with Crippen molar-refractivity contribution in [3.05, 3.63) is 46.4 Å². The first-order valence-corrected chi connectivity index (χ1v) is 10.9. The Bertz CT molecular complexity index is 971. The Labute approximate surface area is 169 Å². The van der Waals surface area contributed by atoms with E-state index in [1.165, 1.54) is 27.4 Å². The van der Waals surface area contributed by atoms with E-state index >= 15 is 0 Å². The molecule has 0 spiro atoms. The van der Waals surface area contributed by atoms with Gasteiger partial charge < -0.3 is 0 Å². The van der Waals surface area contributed by atoms with Gasteiger partial charge in [0.1, 0.15) is 0 Å². The van der Waals surface area contributed by atoms with Crippen LogP contribution >= 0.6 is 11.3 Å². The summed E-state index contributed by atoms with van der Waals surface area (Å²) in [5, 5.41) is 0.554. The van der Waals surface area contributed by atoms with Gasteiger partial charge in [0.15, 0.2) is 5.13 Å². The third-order valence-electron chi connectivity index (χ3n) is 6.68. The third kappa shape index (κ3) is 2.32. The van der Waals surface area contributed by atoms with Crippen molar-refractivity contribution >= 4 is 28.3 Å². The van der Waals surface area contributed by atoms with Gasteiger partial charge in [0.25, 0.3) is 0 Å². The third-order valence-corrected chi connectivity index (χ3v) is 7.86. The normalized spacial score (nSPS) is 28.4. The predicted molar refractivity (Wildman–Crippen MR) is 111 cm³/mol. The highest BCUT2D eigenvalue weighted by molar-refractivity contribution is 7.16. The average Bonchev–Trinajstić information content (AvgIpc) is 3.43. The molecule has 1 saturated heterocycles. The Morgan fingerprint density at radius 3 is 2.21 bits per heavy atom. The van der Waals surface area contributed by atoms with E-state index in [0.717, 1.165) is 35.4 Å². The number of thiazole rings is 1. The smallest absolute Gasteiger partial charge is 0.240 e. The van der Waals surface area contributed by atoms with Crippen LogP contribution in [-0.4, -0.2) is 16.8 Å². The van der Waals surface area contributed by atoms with E-state index in [9.17, 15) is 9.59 Å². The molecule has 5 rings (SSSR count). The van der Waals surface area contributed by atoms with Crippen molar-refractivity contribution in [3.8, 4) is 11.3 Å². The molecule has 0 N–H and O–H groups in total. The average molecular weight is 393 g/mol. The number of hydrogen-bond donors (Lipinski definition) is 0. The maximum Gasteiger partial charge on any atom is 0.240 e. The van der Waals surface area contributed by atoms with Crippen LogP contribution in [0.15, 0.2) is 41.5 Å². The summed E-state index contributed by atoms with van der Waals surface area (Å²) in [5.74, 6) is 0.0887. The summed E-state index contributed by atoms with van der Waals surface area (Å²) in [4.78, 5) is 34.0. The van der Waals surface area contributed by atoms with Crippen LogP contribution in [0.3, 0.4) is 0 Å². The first-order chi connectivity index (χ1) is 13.5. The Morgan fingerprint density at radius 1 is 1.07 bits per heavy atom. The van der Waals surface area contributed by atoms with Gasteiger partial charge in [-0.1, -0.05) is 48.4 Å². The van der Waals surface area contributed by atoms with Gasteiger partial charge in [-0.05, 0) is 44.9 Å². The number of benzene rings is 1. The highest BCUT2D eigenvalue weighted by Gasteiger charge is 2.64. The molecule has 28 heavy (non-hydrogen) atoms. The quantitative estimate of drug-likeness (QED) is 0.554. The van der Waals surface area contributed by atoms with Crippen molar-refractivity contribution in [3.63, 3.8) is 0 Å². The Kier molecular flexibility index (Phi) is 4.05.